The highest BCUT2D eigenvalue weighted by Crippen LogP contribution is 2.40. The van der Waals surface area contributed by atoms with Gasteiger partial charge in [-0.05, 0) is 56.9 Å². The van der Waals surface area contributed by atoms with Gasteiger partial charge in [-0.1, -0.05) is 42.0 Å². The van der Waals surface area contributed by atoms with E-state index in [2.05, 4.69) is 5.32 Å². The molecular formula is C24H24N2O3. The van der Waals surface area contributed by atoms with E-state index in [1.54, 1.807) is 24.3 Å². The number of rotatable bonds is 3. The largest absolute Gasteiger partial charge is 0.321 e. The van der Waals surface area contributed by atoms with Crippen molar-refractivity contribution in [3.63, 3.8) is 0 Å². The maximum atomic E-state index is 13.1. The lowest BCUT2D eigenvalue weighted by molar-refractivity contribution is -0.122. The molecule has 29 heavy (non-hydrogen) atoms. The Hall–Kier alpha value is -3.21. The van der Waals surface area contributed by atoms with Crippen LogP contribution in [0.1, 0.15) is 41.3 Å². The van der Waals surface area contributed by atoms with Crippen LogP contribution in [0.2, 0.25) is 0 Å². The summed E-state index contributed by atoms with van der Waals surface area (Å²) >= 11 is 0. The fraction of sp³-hybridized carbons (Fsp3) is 0.292. The zero-order valence-corrected chi connectivity index (χ0v) is 16.9. The summed E-state index contributed by atoms with van der Waals surface area (Å²) in [5.41, 5.74) is 4.47. The quantitative estimate of drug-likeness (QED) is 0.626. The Balaban J connectivity index is 1.68. The SMILES string of the molecule is CC1=CC[C@H]2C(=O)N(c3ccccc3C(=O)Nc3c(C)cccc3C)C(=O)[C@H]2C1. The third-order valence-corrected chi connectivity index (χ3v) is 5.93. The lowest BCUT2D eigenvalue weighted by Crippen LogP contribution is -2.33. The number of carbonyl (C=O) groups is 3. The standard InChI is InChI=1S/C24H24N2O3/c1-14-11-12-17-19(13-14)24(29)26(23(17)28)20-10-5-4-9-18(20)22(27)25-21-15(2)7-6-8-16(21)3/h4-11,17,19H,12-13H2,1-3H3,(H,25,27)/t17-,19+/m1/s1. The Morgan fingerprint density at radius 3 is 2.31 bits per heavy atom. The van der Waals surface area contributed by atoms with Crippen LogP contribution in [0.5, 0.6) is 0 Å². The second-order valence-corrected chi connectivity index (χ2v) is 7.95. The van der Waals surface area contributed by atoms with Crippen molar-refractivity contribution in [3.05, 3.63) is 70.8 Å². The van der Waals surface area contributed by atoms with Crippen molar-refractivity contribution >= 4 is 29.1 Å². The average molecular weight is 388 g/mol. The second kappa shape index (κ2) is 7.32. The molecule has 2 aromatic carbocycles. The van der Waals surface area contributed by atoms with E-state index in [0.717, 1.165) is 22.4 Å². The van der Waals surface area contributed by atoms with Crippen molar-refractivity contribution in [1.82, 2.24) is 0 Å². The van der Waals surface area contributed by atoms with Gasteiger partial charge in [-0.2, -0.15) is 0 Å². The summed E-state index contributed by atoms with van der Waals surface area (Å²) in [6, 6.07) is 12.6. The molecule has 2 atom stereocenters. The lowest BCUT2D eigenvalue weighted by atomic mass is 9.82. The van der Waals surface area contributed by atoms with Crippen molar-refractivity contribution < 1.29 is 14.4 Å². The molecular weight excluding hydrogens is 364 g/mol. The van der Waals surface area contributed by atoms with E-state index < -0.39 is 0 Å². The van der Waals surface area contributed by atoms with Gasteiger partial charge in [0.25, 0.3) is 5.91 Å². The van der Waals surface area contributed by atoms with E-state index in [4.69, 9.17) is 0 Å². The summed E-state index contributed by atoms with van der Waals surface area (Å²) in [4.78, 5) is 40.5. The number of benzene rings is 2. The van der Waals surface area contributed by atoms with Gasteiger partial charge >= 0.3 is 0 Å². The predicted octanol–water partition coefficient (Wildman–Crippen LogP) is 4.40. The number of aryl methyl sites for hydroxylation is 2. The smallest absolute Gasteiger partial charge is 0.257 e. The van der Waals surface area contributed by atoms with E-state index in [0.29, 0.717) is 24.1 Å². The third kappa shape index (κ3) is 3.27. The molecule has 148 valence electrons. The van der Waals surface area contributed by atoms with E-state index in [1.165, 1.54) is 4.90 Å². The van der Waals surface area contributed by atoms with Crippen molar-refractivity contribution in [1.29, 1.82) is 0 Å². The van der Waals surface area contributed by atoms with Crippen LogP contribution in [-0.4, -0.2) is 17.7 Å². The molecule has 1 N–H and O–H groups in total. The van der Waals surface area contributed by atoms with Crippen LogP contribution in [0.15, 0.2) is 54.1 Å². The molecule has 0 spiro atoms. The number of imide groups is 1. The van der Waals surface area contributed by atoms with Gasteiger partial charge in [-0.3, -0.25) is 14.4 Å². The fourth-order valence-corrected chi connectivity index (χ4v) is 4.33. The van der Waals surface area contributed by atoms with E-state index in [1.807, 2.05) is 45.0 Å². The molecule has 2 aliphatic rings. The Bertz CT molecular complexity index is 1030. The van der Waals surface area contributed by atoms with Crippen LogP contribution in [0.4, 0.5) is 11.4 Å². The van der Waals surface area contributed by atoms with Crippen molar-refractivity contribution in [2.45, 2.75) is 33.6 Å². The Labute approximate surface area is 170 Å². The molecule has 5 nitrogen and oxygen atoms in total. The van der Waals surface area contributed by atoms with Crippen molar-refractivity contribution in [3.8, 4) is 0 Å². The van der Waals surface area contributed by atoms with Crippen LogP contribution in [0.25, 0.3) is 0 Å². The Morgan fingerprint density at radius 1 is 0.931 bits per heavy atom. The first-order valence-corrected chi connectivity index (χ1v) is 9.88. The highest BCUT2D eigenvalue weighted by atomic mass is 16.2. The maximum Gasteiger partial charge on any atom is 0.257 e. The van der Waals surface area contributed by atoms with E-state index >= 15 is 0 Å². The van der Waals surface area contributed by atoms with Gasteiger partial charge in [-0.25, -0.2) is 4.90 Å². The molecule has 1 heterocycles. The van der Waals surface area contributed by atoms with Crippen LogP contribution < -0.4 is 10.2 Å². The van der Waals surface area contributed by atoms with Crippen LogP contribution in [0.3, 0.4) is 0 Å². The lowest BCUT2D eigenvalue weighted by Gasteiger charge is -2.19. The van der Waals surface area contributed by atoms with Crippen LogP contribution >= 0.6 is 0 Å². The summed E-state index contributed by atoms with van der Waals surface area (Å²) in [6.45, 7) is 5.85. The number of nitrogens with zero attached hydrogens (tertiary/aromatic N) is 1. The van der Waals surface area contributed by atoms with Crippen LogP contribution in [-0.2, 0) is 9.59 Å². The highest BCUT2D eigenvalue weighted by Gasteiger charge is 2.49. The summed E-state index contributed by atoms with van der Waals surface area (Å²) in [5, 5.41) is 2.96. The molecule has 0 aromatic heterocycles. The zero-order chi connectivity index (χ0) is 20.7. The molecule has 4 rings (SSSR count). The Kier molecular flexibility index (Phi) is 4.82. The minimum Gasteiger partial charge on any atom is -0.321 e. The molecule has 0 bridgehead atoms. The average Bonchev–Trinajstić information content (AvgIpc) is 2.94. The summed E-state index contributed by atoms with van der Waals surface area (Å²) < 4.78 is 0. The minimum atomic E-state index is -0.332. The molecule has 1 aliphatic heterocycles. The summed E-state index contributed by atoms with van der Waals surface area (Å²) in [7, 11) is 0. The van der Waals surface area contributed by atoms with E-state index in [-0.39, 0.29) is 29.6 Å². The number of anilines is 2. The molecule has 0 saturated carbocycles. The first kappa shape index (κ1) is 19.1. The normalized spacial score (nSPS) is 21.1. The zero-order valence-electron chi connectivity index (χ0n) is 16.9. The number of amides is 3. The third-order valence-electron chi connectivity index (χ3n) is 5.93. The van der Waals surface area contributed by atoms with Gasteiger partial charge in [0.1, 0.15) is 0 Å². The molecule has 2 aromatic rings. The van der Waals surface area contributed by atoms with Gasteiger partial charge in [-0.15, -0.1) is 0 Å². The monoisotopic (exact) mass is 388 g/mol. The summed E-state index contributed by atoms with van der Waals surface area (Å²) in [5.74, 6) is -1.42. The number of hydrogen-bond donors (Lipinski definition) is 1. The maximum absolute atomic E-state index is 13.1. The number of hydrogen-bond acceptors (Lipinski definition) is 3. The minimum absolute atomic E-state index is 0.209. The molecule has 3 amide bonds. The van der Waals surface area contributed by atoms with Crippen molar-refractivity contribution in [2.75, 3.05) is 10.2 Å². The topological polar surface area (TPSA) is 66.5 Å². The Morgan fingerprint density at radius 2 is 1.59 bits per heavy atom. The highest BCUT2D eigenvalue weighted by molar-refractivity contribution is 6.25. The number of fused-ring (bicyclic) bond motifs is 1. The van der Waals surface area contributed by atoms with E-state index in [9.17, 15) is 14.4 Å². The fourth-order valence-electron chi connectivity index (χ4n) is 4.33. The number of para-hydroxylation sites is 2. The van der Waals surface area contributed by atoms with Gasteiger partial charge in [0, 0.05) is 5.69 Å². The van der Waals surface area contributed by atoms with Gasteiger partial charge in [0.15, 0.2) is 0 Å². The first-order valence-electron chi connectivity index (χ1n) is 9.88. The van der Waals surface area contributed by atoms with Gasteiger partial charge in [0.05, 0.1) is 23.1 Å². The molecule has 5 heteroatoms. The number of nitrogens with one attached hydrogen (secondary N) is 1. The van der Waals surface area contributed by atoms with Gasteiger partial charge < -0.3 is 5.32 Å². The molecule has 1 fully saturated rings. The molecule has 0 radical (unpaired) electrons. The molecule has 1 saturated heterocycles. The second-order valence-electron chi connectivity index (χ2n) is 7.95. The predicted molar refractivity (Wildman–Crippen MR) is 113 cm³/mol. The number of carbonyl (C=O) groups excluding carboxylic acids is 3. The van der Waals surface area contributed by atoms with Gasteiger partial charge in [0.2, 0.25) is 11.8 Å². The number of allylic oxidation sites excluding steroid dienone is 2. The van der Waals surface area contributed by atoms with Crippen molar-refractivity contribution in [2.24, 2.45) is 11.8 Å². The molecule has 0 unspecified atom stereocenters. The molecule has 1 aliphatic carbocycles. The summed E-state index contributed by atoms with van der Waals surface area (Å²) in [6.07, 6.45) is 3.21. The first-order chi connectivity index (χ1) is 13.9. The van der Waals surface area contributed by atoms with Crippen LogP contribution in [0, 0.1) is 25.7 Å².